The van der Waals surface area contributed by atoms with E-state index in [2.05, 4.69) is 157 Å². The largest absolute Gasteiger partial charge is 0.515 e. The third kappa shape index (κ3) is 17.0. The Kier molecular flexibility index (Phi) is 28.3. The molecule has 14 aliphatic carbocycles. The summed E-state index contributed by atoms with van der Waals surface area (Å²) in [5.74, 6) is 5.84. The summed E-state index contributed by atoms with van der Waals surface area (Å²) in [5, 5.41) is 51.0. The lowest BCUT2D eigenvalue weighted by Crippen LogP contribution is -2.56. The van der Waals surface area contributed by atoms with Crippen LogP contribution in [0.25, 0.3) is 9.69 Å². The molecule has 0 radical (unpaired) electrons. The second-order valence-corrected chi connectivity index (χ2v) is 45.8. The van der Waals surface area contributed by atoms with E-state index in [1.54, 1.807) is 0 Å². The molecule has 27 nitrogen and oxygen atoms in total. The maximum absolute atomic E-state index is 12.7. The molecule has 6 saturated carbocycles. The highest BCUT2D eigenvalue weighted by Gasteiger charge is 2.64. The third-order valence-electron chi connectivity index (χ3n) is 38.4. The Morgan fingerprint density at radius 3 is 1.22 bits per heavy atom. The lowest BCUT2D eigenvalue weighted by Gasteiger charge is -2.54. The zero-order valence-corrected chi connectivity index (χ0v) is 86.7. The Labute approximate surface area is 823 Å². The number of nitrogens with zero attached hydrogens (tertiary/aromatic N) is 15. The minimum absolute atomic E-state index is 0.0160. The van der Waals surface area contributed by atoms with E-state index in [9.17, 15) is 34.2 Å². The summed E-state index contributed by atoms with van der Waals surface area (Å²) < 4.78 is 41.3. The zero-order chi connectivity index (χ0) is 99.3. The van der Waals surface area contributed by atoms with Crippen molar-refractivity contribution in [1.29, 1.82) is 0 Å². The molecular formula is C112H155N15O12. The number of ether oxygens (including phenoxy) is 4. The number of aromatic nitrogens is 13. The summed E-state index contributed by atoms with van der Waals surface area (Å²) in [7, 11) is 11.9. The molecule has 750 valence electrons. The van der Waals surface area contributed by atoms with Gasteiger partial charge in [-0.15, -0.1) is 0 Å². The average molecular weight is 1900 g/mol. The summed E-state index contributed by atoms with van der Waals surface area (Å²) in [6, 6.07) is -0.478. The predicted octanol–water partition coefficient (Wildman–Crippen LogP) is 19.2. The van der Waals surface area contributed by atoms with Crippen molar-refractivity contribution in [3.05, 3.63) is 181 Å². The molecule has 2 N–H and O–H groups in total. The molecule has 2 aliphatic heterocycles. The van der Waals surface area contributed by atoms with Crippen LogP contribution >= 0.6 is 0 Å². The summed E-state index contributed by atoms with van der Waals surface area (Å²) in [5.41, 5.74) is 17.7. The van der Waals surface area contributed by atoms with E-state index < -0.39 is 11.8 Å². The lowest BCUT2D eigenvalue weighted by molar-refractivity contribution is -0.246. The van der Waals surface area contributed by atoms with Crippen LogP contribution in [0.1, 0.15) is 329 Å². The zero-order valence-electron chi connectivity index (χ0n) is 86.7. The van der Waals surface area contributed by atoms with Crippen molar-refractivity contribution in [2.24, 2.45) is 125 Å². The maximum Gasteiger partial charge on any atom is 0.282 e. The fraction of sp³-hybridized carbons (Fsp3) is 0.696. The first-order chi connectivity index (χ1) is 66.4. The number of aliphatic hydroxyl groups is 2. The molecule has 9 heterocycles. The maximum atomic E-state index is 12.7. The van der Waals surface area contributed by atoms with Crippen LogP contribution in [0.2, 0.25) is 0 Å². The van der Waals surface area contributed by atoms with Gasteiger partial charge in [0.05, 0.1) is 85.9 Å². The molecule has 0 aromatic carbocycles. The van der Waals surface area contributed by atoms with Crippen LogP contribution in [-0.4, -0.2) is 147 Å². The number of aliphatic hydroxyl groups excluding tert-OH is 2. The Balaban J connectivity index is 0.000000112. The minimum atomic E-state index is -0.478. The molecule has 22 atom stereocenters. The molecule has 1 unspecified atom stereocenters. The fourth-order valence-corrected chi connectivity index (χ4v) is 31.7. The fourth-order valence-electron chi connectivity index (χ4n) is 31.7. The van der Waals surface area contributed by atoms with Gasteiger partial charge in [-0.05, 0) is 242 Å². The second kappa shape index (κ2) is 39.0. The van der Waals surface area contributed by atoms with Gasteiger partial charge in [0, 0.05) is 201 Å². The van der Waals surface area contributed by atoms with Crippen molar-refractivity contribution >= 4 is 28.9 Å². The molecule has 2 saturated heterocycles. The minimum Gasteiger partial charge on any atom is -0.515 e. The monoisotopic (exact) mass is 1900 g/mol. The Hall–Kier alpha value is -9.54. The van der Waals surface area contributed by atoms with Gasteiger partial charge in [0.25, 0.3) is 6.04 Å². The Morgan fingerprint density at radius 1 is 0.396 bits per heavy atom. The van der Waals surface area contributed by atoms with Crippen LogP contribution in [0.15, 0.2) is 83.3 Å². The first kappa shape index (κ1) is 101. The Bertz CT molecular complexity index is 5960. The number of allylic oxidation sites excluding steroid dienone is 4. The highest BCUT2D eigenvalue weighted by Crippen LogP contribution is 2.63. The molecule has 23 rings (SSSR count). The van der Waals surface area contributed by atoms with Gasteiger partial charge in [-0.3, -0.25) is 47.3 Å². The standard InChI is InChI=1S/C17H26N2O2.2C16H21N3O.C16H19N3O.C16H22N2O2.C16H24O4.C15H22N2O/c1-4-13-14-6-5-12-11-19(3)18-15(12)16(14,2)7-8-17(13)20-9-10-21-17;1-4-12-13-6-5-10-9-19(3)18-15(10)16(13,2)7-11-8-17-20-14(11)12;2*1-5-11-12-7-6-10-9-19(4)18-15(10)16(12,2)8-13(17-3)14(11)20;1-4-12-13-6-5-10-8-18(3)17-15(10)16(13,2)7-11(9-19)14(12)20;1-3-12-13-5-4-11(10-17)14(18)15(13,2)6-7-16(12)19-8-9-20-16;1-4-11-12-6-5-10-9-17(3)16-14(10)15(12,2)8-7-13(11)18/h11,13-14H,4-10H2,1-3H3;8-9,12-13H,4-7H2,1-3H3;9,11-13H,5-8H2,1-2,4H3;8-9,11-12H,5-7H2,1-2,4H3;8-9,12-13,19H,4-7H2,1-3H3;10,12-13,17H,3-9H2,1-2H3;9,11-12H,4-8H2,1-3H3/b;;;;11-9-;11-10+;/t13-,14-,16-;12-,13-,16-;11-,12-,13?,16-;11-,12-,16-;12-,13-,16-;12-,13-,15-;11-,12-,15-/m0000000/s1. The number of carbonyl (C=O) groups excluding carboxylic acids is 5. The topological polar surface area (TPSA) is 304 Å². The predicted molar refractivity (Wildman–Crippen MR) is 529 cm³/mol. The van der Waals surface area contributed by atoms with Crippen LogP contribution in [0.3, 0.4) is 0 Å². The van der Waals surface area contributed by atoms with E-state index >= 15 is 0 Å². The van der Waals surface area contributed by atoms with Gasteiger partial charge in [-0.25, -0.2) is 11.4 Å². The second-order valence-electron chi connectivity index (χ2n) is 45.8. The SMILES string of the molecule is CC[C@@H]1C(=O)/C(=C\O)C[C@]2(C)c3nn(C)cc3CC[C@@H]12.CC[C@@H]1C(=O)CC[C@]2(C)c3nn(C)cc3CC[C@@H]12.CC[C@@H]1c2oncc2C[C@]2(C)c3nn(C)cc3CC[C@@H]12.CC[C@H]1[C@@H]2CC/C(=C\O)C(=O)[C@@]2(C)CCC12OCCO2.CC[C@H]1[C@@H]2CCc3cn(C)nc3[C@@]2(C)CCC12OCCO2.[C-]#[N+]C1=C[C@]2(C)c3nn(C)cc3CC[C@H]2[C@H](CC)C1=O.[C-]#[N+]C1C[C@]2(C)c3nn(C)cc3CC[C@H]2[C@H](CC)C1=O. The number of rotatable bonds is 7. The molecule has 0 amide bonds. The molecule has 0 bridgehead atoms. The molecule has 139 heavy (non-hydrogen) atoms. The molecule has 7 aromatic heterocycles. The van der Waals surface area contributed by atoms with Crippen molar-refractivity contribution in [2.75, 3.05) is 26.4 Å². The molecular weight excluding hydrogens is 1750 g/mol. The van der Waals surface area contributed by atoms with Gasteiger partial charge in [-0.1, -0.05) is 108 Å². The van der Waals surface area contributed by atoms with Crippen molar-refractivity contribution in [2.45, 2.75) is 346 Å². The average Bonchev–Trinajstić information content (AvgIpc) is 1.10. The number of Topliss-reactive ketones (excluding diaryl/α,β-unsaturated/α-hetero) is 5. The van der Waals surface area contributed by atoms with Gasteiger partial charge in [0.15, 0.2) is 28.9 Å². The van der Waals surface area contributed by atoms with Gasteiger partial charge >= 0.3 is 0 Å². The van der Waals surface area contributed by atoms with E-state index in [0.29, 0.717) is 96.5 Å². The molecule has 27 heteroatoms. The lowest BCUT2D eigenvalue weighted by atomic mass is 9.53. The van der Waals surface area contributed by atoms with Crippen LogP contribution in [0, 0.1) is 95.5 Å². The van der Waals surface area contributed by atoms with Crippen LogP contribution in [-0.2, 0) is 163 Å². The van der Waals surface area contributed by atoms with Crippen LogP contribution < -0.4 is 0 Å². The van der Waals surface area contributed by atoms with E-state index in [0.717, 1.165) is 209 Å². The number of fused-ring (bicyclic) bond motifs is 20. The molecule has 8 fully saturated rings. The van der Waals surface area contributed by atoms with Gasteiger partial charge in [-0.2, -0.15) is 30.6 Å². The van der Waals surface area contributed by atoms with Crippen molar-refractivity contribution in [3.63, 3.8) is 0 Å². The van der Waals surface area contributed by atoms with Gasteiger partial charge in [0.2, 0.25) is 11.5 Å². The van der Waals surface area contributed by atoms with Crippen molar-refractivity contribution in [3.8, 4) is 0 Å². The smallest absolute Gasteiger partial charge is 0.282 e. The highest BCUT2D eigenvalue weighted by molar-refractivity contribution is 6.01. The molecule has 16 aliphatic rings. The Morgan fingerprint density at radius 2 is 0.770 bits per heavy atom. The van der Waals surface area contributed by atoms with E-state index in [4.69, 9.17) is 51.9 Å². The summed E-state index contributed by atoms with van der Waals surface area (Å²) in [6.45, 7) is 48.3. The molecule has 7 aromatic rings. The van der Waals surface area contributed by atoms with Crippen molar-refractivity contribution < 1.29 is 57.7 Å². The summed E-state index contributed by atoms with van der Waals surface area (Å²) in [4.78, 5) is 69.2. The van der Waals surface area contributed by atoms with Crippen molar-refractivity contribution in [1.82, 2.24) is 63.8 Å². The number of aryl methyl sites for hydroxylation is 12. The van der Waals surface area contributed by atoms with Gasteiger partial charge < -0.3 is 43.3 Å². The number of hydrogen-bond donors (Lipinski definition) is 2. The van der Waals surface area contributed by atoms with Crippen LogP contribution in [0.5, 0.6) is 0 Å². The third-order valence-corrected chi connectivity index (χ3v) is 38.4. The normalized spacial score (nSPS) is 35.7. The highest BCUT2D eigenvalue weighted by atomic mass is 16.7. The van der Waals surface area contributed by atoms with E-state index in [1.165, 1.54) is 68.9 Å². The van der Waals surface area contributed by atoms with Gasteiger partial charge in [0.1, 0.15) is 11.5 Å². The van der Waals surface area contributed by atoms with E-state index in [-0.39, 0.29) is 108 Å². The first-order valence-corrected chi connectivity index (χ1v) is 52.9. The summed E-state index contributed by atoms with van der Waals surface area (Å²) in [6.07, 6.45) is 47.7. The summed E-state index contributed by atoms with van der Waals surface area (Å²) >= 11 is 0. The molecule has 2 spiro atoms. The van der Waals surface area contributed by atoms with E-state index in [1.807, 2.05) is 89.6 Å². The first-order valence-electron chi connectivity index (χ1n) is 52.9. The number of ketones is 5. The quantitative estimate of drug-likeness (QED) is 0.0851. The number of carbonyl (C=O) groups is 5. The van der Waals surface area contributed by atoms with Crippen LogP contribution in [0.4, 0.5) is 0 Å². The number of hydrogen-bond acceptors (Lipinski definition) is 19.